The monoisotopic (exact) mass is 333 g/mol. The average Bonchev–Trinajstić information content (AvgIpc) is 2.82. The first-order valence-corrected chi connectivity index (χ1v) is 6.55. The van der Waals surface area contributed by atoms with Gasteiger partial charge in [-0.2, -0.15) is 0 Å². The van der Waals surface area contributed by atoms with Crippen molar-refractivity contribution >= 4 is 52.8 Å². The van der Waals surface area contributed by atoms with Crippen molar-refractivity contribution in [1.29, 1.82) is 0 Å². The van der Waals surface area contributed by atoms with Gasteiger partial charge in [-0.1, -0.05) is 18.3 Å². The molecule has 0 unspecified atom stereocenters. The third-order valence-corrected chi connectivity index (χ3v) is 3.74. The summed E-state index contributed by atoms with van der Waals surface area (Å²) >= 11 is 1.39. The Hall–Kier alpha value is -1.30. The first kappa shape index (κ1) is 18.7. The van der Waals surface area contributed by atoms with E-state index in [9.17, 15) is 4.79 Å². The Bertz CT molecular complexity index is 569. The van der Waals surface area contributed by atoms with E-state index in [0.717, 1.165) is 17.2 Å². The highest BCUT2D eigenvalue weighted by atomic mass is 35.5. The molecule has 0 aliphatic carbocycles. The van der Waals surface area contributed by atoms with Gasteiger partial charge in [-0.05, 0) is 30.7 Å². The number of halogens is 2. The Balaban J connectivity index is 0.00000180. The average molecular weight is 334 g/mol. The molecule has 0 aliphatic rings. The van der Waals surface area contributed by atoms with E-state index in [1.165, 1.54) is 11.3 Å². The van der Waals surface area contributed by atoms with Crippen LogP contribution in [0.5, 0.6) is 0 Å². The number of nitrogens with two attached hydrogens (primary N) is 1. The number of anilines is 2. The zero-order valence-electron chi connectivity index (χ0n) is 11.2. The molecule has 2 aromatic rings. The molecular weight excluding hydrogens is 317 g/mol. The summed E-state index contributed by atoms with van der Waals surface area (Å²) in [6.45, 7) is 1.99. The Kier molecular flexibility index (Phi) is 7.57. The second-order valence-electron chi connectivity index (χ2n) is 3.85. The van der Waals surface area contributed by atoms with E-state index in [0.29, 0.717) is 16.1 Å². The van der Waals surface area contributed by atoms with Gasteiger partial charge in [-0.15, -0.1) is 24.8 Å². The van der Waals surface area contributed by atoms with Gasteiger partial charge in [0.15, 0.2) is 5.13 Å². The molecule has 1 aromatic carbocycles. The Morgan fingerprint density at radius 1 is 1.30 bits per heavy atom. The van der Waals surface area contributed by atoms with Crippen molar-refractivity contribution < 1.29 is 4.79 Å². The van der Waals surface area contributed by atoms with Gasteiger partial charge < -0.3 is 11.1 Å². The second-order valence-corrected chi connectivity index (χ2v) is 4.85. The van der Waals surface area contributed by atoms with Crippen LogP contribution in [-0.4, -0.2) is 17.8 Å². The number of carbonyl (C=O) groups excluding carboxylic acids is 1. The standard InChI is InChI=1S/C13H15N3OS.2ClH/c1-3-10-12(18-13(15-2)16-10)11(17)8-4-6-9(14)7-5-8;;/h4-7H,3,14H2,1-2H3,(H,15,16);2*1H. The summed E-state index contributed by atoms with van der Waals surface area (Å²) in [7, 11) is 1.80. The number of aromatic nitrogens is 1. The van der Waals surface area contributed by atoms with Gasteiger partial charge in [0.2, 0.25) is 5.78 Å². The van der Waals surface area contributed by atoms with Crippen LogP contribution >= 0.6 is 36.2 Å². The van der Waals surface area contributed by atoms with Gasteiger partial charge in [0, 0.05) is 18.3 Å². The van der Waals surface area contributed by atoms with Crippen LogP contribution < -0.4 is 11.1 Å². The number of benzene rings is 1. The van der Waals surface area contributed by atoms with Crippen molar-refractivity contribution in [1.82, 2.24) is 4.98 Å². The lowest BCUT2D eigenvalue weighted by molar-refractivity contribution is 0.104. The van der Waals surface area contributed by atoms with Gasteiger partial charge in [0.05, 0.1) is 5.69 Å². The van der Waals surface area contributed by atoms with Crippen LogP contribution in [0.25, 0.3) is 0 Å². The number of nitrogens with zero attached hydrogens (tertiary/aromatic N) is 1. The lowest BCUT2D eigenvalue weighted by Crippen LogP contribution is -2.02. The Labute approximate surface area is 134 Å². The summed E-state index contributed by atoms with van der Waals surface area (Å²) in [5.41, 5.74) is 7.75. The number of ketones is 1. The fourth-order valence-corrected chi connectivity index (χ4v) is 2.61. The van der Waals surface area contributed by atoms with Crippen molar-refractivity contribution in [2.45, 2.75) is 13.3 Å². The molecule has 0 saturated heterocycles. The third-order valence-electron chi connectivity index (χ3n) is 2.63. The number of hydrogen-bond acceptors (Lipinski definition) is 5. The number of thiazole rings is 1. The quantitative estimate of drug-likeness (QED) is 0.664. The first-order chi connectivity index (χ1) is 8.65. The molecule has 0 atom stereocenters. The molecule has 4 nitrogen and oxygen atoms in total. The van der Waals surface area contributed by atoms with Gasteiger partial charge in [-0.25, -0.2) is 4.98 Å². The Morgan fingerprint density at radius 2 is 1.90 bits per heavy atom. The lowest BCUT2D eigenvalue weighted by Gasteiger charge is -2.00. The van der Waals surface area contributed by atoms with Crippen molar-refractivity contribution in [3.63, 3.8) is 0 Å². The van der Waals surface area contributed by atoms with Crippen LogP contribution in [0.15, 0.2) is 24.3 Å². The molecule has 7 heteroatoms. The summed E-state index contributed by atoms with van der Waals surface area (Å²) in [5, 5.41) is 3.74. The summed E-state index contributed by atoms with van der Waals surface area (Å²) in [5.74, 6) is 0.00542. The molecule has 0 spiro atoms. The fraction of sp³-hybridized carbons (Fsp3) is 0.231. The molecule has 3 N–H and O–H groups in total. The van der Waals surface area contributed by atoms with Gasteiger partial charge >= 0.3 is 0 Å². The van der Waals surface area contributed by atoms with E-state index in [2.05, 4.69) is 10.3 Å². The number of nitrogen functional groups attached to an aromatic ring is 1. The van der Waals surface area contributed by atoms with Crippen molar-refractivity contribution in [3.05, 3.63) is 40.4 Å². The van der Waals surface area contributed by atoms with E-state index >= 15 is 0 Å². The molecule has 0 radical (unpaired) electrons. The SMILES string of the molecule is CCc1nc(NC)sc1C(=O)c1ccc(N)cc1.Cl.Cl. The van der Waals surface area contributed by atoms with Crippen LogP contribution in [0, 0.1) is 0 Å². The maximum absolute atomic E-state index is 12.4. The maximum Gasteiger partial charge on any atom is 0.204 e. The molecule has 0 bridgehead atoms. The van der Waals surface area contributed by atoms with Gasteiger partial charge in [-0.3, -0.25) is 4.79 Å². The highest BCUT2D eigenvalue weighted by Gasteiger charge is 2.17. The van der Waals surface area contributed by atoms with Crippen molar-refractivity contribution in [2.24, 2.45) is 0 Å². The number of rotatable bonds is 4. The van der Waals surface area contributed by atoms with E-state index in [-0.39, 0.29) is 30.6 Å². The number of nitrogens with one attached hydrogen (secondary N) is 1. The topological polar surface area (TPSA) is 68.0 Å². The van der Waals surface area contributed by atoms with Crippen LogP contribution in [0.1, 0.15) is 27.9 Å². The smallest absolute Gasteiger partial charge is 0.204 e. The largest absolute Gasteiger partial charge is 0.399 e. The maximum atomic E-state index is 12.4. The van der Waals surface area contributed by atoms with Crippen LogP contribution in [0.3, 0.4) is 0 Å². The molecule has 20 heavy (non-hydrogen) atoms. The number of aryl methyl sites for hydroxylation is 1. The van der Waals surface area contributed by atoms with Gasteiger partial charge in [0.25, 0.3) is 0 Å². The van der Waals surface area contributed by atoms with Crippen molar-refractivity contribution in [3.8, 4) is 0 Å². The van der Waals surface area contributed by atoms with Crippen LogP contribution in [0.4, 0.5) is 10.8 Å². The van der Waals surface area contributed by atoms with E-state index in [1.807, 2.05) is 6.92 Å². The van der Waals surface area contributed by atoms with Gasteiger partial charge in [0.1, 0.15) is 4.88 Å². The normalized spacial score (nSPS) is 9.30. The highest BCUT2D eigenvalue weighted by Crippen LogP contribution is 2.26. The third kappa shape index (κ3) is 3.85. The Morgan fingerprint density at radius 3 is 2.40 bits per heavy atom. The summed E-state index contributed by atoms with van der Waals surface area (Å²) in [6, 6.07) is 6.96. The minimum atomic E-state index is 0. The summed E-state index contributed by atoms with van der Waals surface area (Å²) < 4.78 is 0. The summed E-state index contributed by atoms with van der Waals surface area (Å²) in [6.07, 6.45) is 0.744. The summed E-state index contributed by atoms with van der Waals surface area (Å²) in [4.78, 5) is 17.4. The van der Waals surface area contributed by atoms with Crippen LogP contribution in [-0.2, 0) is 6.42 Å². The molecule has 0 saturated carbocycles. The van der Waals surface area contributed by atoms with Crippen molar-refractivity contribution in [2.75, 3.05) is 18.1 Å². The zero-order valence-corrected chi connectivity index (χ0v) is 13.6. The second kappa shape index (κ2) is 8.09. The highest BCUT2D eigenvalue weighted by molar-refractivity contribution is 7.17. The number of hydrogen-bond donors (Lipinski definition) is 2. The molecule has 0 aliphatic heterocycles. The van der Waals surface area contributed by atoms with E-state index < -0.39 is 0 Å². The van der Waals surface area contributed by atoms with E-state index in [4.69, 9.17) is 5.73 Å². The molecule has 1 aromatic heterocycles. The predicted molar refractivity (Wildman–Crippen MR) is 89.8 cm³/mol. The van der Waals surface area contributed by atoms with E-state index in [1.54, 1.807) is 31.3 Å². The lowest BCUT2D eigenvalue weighted by atomic mass is 10.1. The molecular formula is C13H17Cl2N3OS. The first-order valence-electron chi connectivity index (χ1n) is 5.73. The molecule has 2 rings (SSSR count). The molecule has 0 amide bonds. The minimum Gasteiger partial charge on any atom is -0.399 e. The minimum absolute atomic E-state index is 0. The van der Waals surface area contributed by atoms with Crippen LogP contribution in [0.2, 0.25) is 0 Å². The molecule has 0 fully saturated rings. The fourth-order valence-electron chi connectivity index (χ4n) is 1.64. The zero-order chi connectivity index (χ0) is 13.1. The predicted octanol–water partition coefficient (Wildman–Crippen LogP) is 3.40. The number of carbonyl (C=O) groups is 1. The molecule has 110 valence electrons. The molecule has 1 heterocycles.